The molecule has 1 heterocycles. The molecule has 0 saturated carbocycles. The molecule has 0 aliphatic carbocycles. The average Bonchev–Trinajstić information content (AvgIpc) is 2.94. The number of nitrogens with one attached hydrogen (secondary N) is 1. The van der Waals surface area contributed by atoms with E-state index < -0.39 is 0 Å². The number of thiazole rings is 1. The number of para-hydroxylation sites is 1. The fourth-order valence-corrected chi connectivity index (χ4v) is 2.89. The Hall–Kier alpha value is -2.40. The molecule has 0 fully saturated rings. The van der Waals surface area contributed by atoms with E-state index in [0.29, 0.717) is 17.3 Å². The summed E-state index contributed by atoms with van der Waals surface area (Å²) in [6.07, 6.45) is 0.920. The van der Waals surface area contributed by atoms with Gasteiger partial charge in [-0.1, -0.05) is 36.5 Å². The molecule has 0 radical (unpaired) electrons. The van der Waals surface area contributed by atoms with Crippen LogP contribution in [-0.2, 0) is 0 Å². The third kappa shape index (κ3) is 3.26. The number of nitrogens with zero attached hydrogens (tertiary/aromatic N) is 1. The molecule has 5 heteroatoms. The summed E-state index contributed by atoms with van der Waals surface area (Å²) < 4.78 is 6.68. The maximum absolute atomic E-state index is 12.0. The first-order chi connectivity index (χ1) is 10.8. The molecule has 0 saturated heterocycles. The quantitative estimate of drug-likeness (QED) is 0.767. The monoisotopic (exact) mass is 312 g/mol. The number of hydrogen-bond donors (Lipinski definition) is 1. The normalized spacial score (nSPS) is 10.6. The molecule has 3 rings (SSSR count). The van der Waals surface area contributed by atoms with Crippen LogP contribution in [0.5, 0.6) is 10.9 Å². The van der Waals surface area contributed by atoms with Gasteiger partial charge >= 0.3 is 0 Å². The van der Waals surface area contributed by atoms with E-state index in [2.05, 4.69) is 10.3 Å². The number of rotatable bonds is 5. The van der Waals surface area contributed by atoms with E-state index in [0.717, 1.165) is 22.4 Å². The summed E-state index contributed by atoms with van der Waals surface area (Å²) in [5.74, 6) is 0.699. The minimum Gasteiger partial charge on any atom is -0.431 e. The molecular formula is C17H16N2O2S. The van der Waals surface area contributed by atoms with Gasteiger partial charge in [0.1, 0.15) is 5.75 Å². The van der Waals surface area contributed by atoms with Gasteiger partial charge in [0.15, 0.2) is 0 Å². The highest BCUT2D eigenvalue weighted by Gasteiger charge is 2.10. The van der Waals surface area contributed by atoms with E-state index in [-0.39, 0.29) is 5.91 Å². The van der Waals surface area contributed by atoms with Crippen LogP contribution < -0.4 is 10.1 Å². The van der Waals surface area contributed by atoms with Crippen LogP contribution in [0.15, 0.2) is 48.5 Å². The zero-order valence-electron chi connectivity index (χ0n) is 12.2. The van der Waals surface area contributed by atoms with Crippen LogP contribution in [0.1, 0.15) is 23.7 Å². The van der Waals surface area contributed by atoms with Crippen molar-refractivity contribution in [2.24, 2.45) is 0 Å². The van der Waals surface area contributed by atoms with Crippen LogP contribution in [0.3, 0.4) is 0 Å². The number of carbonyl (C=O) groups is 1. The third-order valence-corrected chi connectivity index (χ3v) is 4.01. The van der Waals surface area contributed by atoms with Gasteiger partial charge in [0.2, 0.25) is 0 Å². The lowest BCUT2D eigenvalue weighted by molar-refractivity contribution is 0.0954. The zero-order valence-corrected chi connectivity index (χ0v) is 13.0. The molecule has 3 aromatic rings. The van der Waals surface area contributed by atoms with Gasteiger partial charge in [-0.05, 0) is 36.8 Å². The largest absolute Gasteiger partial charge is 0.431 e. The highest BCUT2D eigenvalue weighted by molar-refractivity contribution is 7.20. The van der Waals surface area contributed by atoms with Crippen LogP contribution in [0, 0.1) is 0 Å². The molecule has 0 spiro atoms. The molecule has 0 unspecified atom stereocenters. The molecule has 4 nitrogen and oxygen atoms in total. The second-order valence-corrected chi connectivity index (χ2v) is 5.83. The second-order valence-electron chi connectivity index (χ2n) is 4.83. The first-order valence-electron chi connectivity index (χ1n) is 7.18. The van der Waals surface area contributed by atoms with Gasteiger partial charge in [0.25, 0.3) is 11.1 Å². The number of benzene rings is 2. The third-order valence-electron chi connectivity index (χ3n) is 3.11. The summed E-state index contributed by atoms with van der Waals surface area (Å²) in [4.78, 5) is 16.4. The standard InChI is InChI=1S/C17H16N2O2S/c1-2-10-18-16(20)12-8-9-14-15(11-12)22-17(19-14)21-13-6-4-3-5-7-13/h3-9,11H,2,10H2,1H3,(H,18,20). The maximum atomic E-state index is 12.0. The van der Waals surface area contributed by atoms with Crippen molar-refractivity contribution in [1.29, 1.82) is 0 Å². The Balaban J connectivity index is 1.82. The van der Waals surface area contributed by atoms with Gasteiger partial charge < -0.3 is 10.1 Å². The number of ether oxygens (including phenoxy) is 1. The number of carbonyl (C=O) groups excluding carboxylic acids is 1. The fraction of sp³-hybridized carbons (Fsp3) is 0.176. The Bertz CT molecular complexity index is 784. The van der Waals surface area contributed by atoms with Gasteiger partial charge in [-0.25, -0.2) is 4.98 Å². The van der Waals surface area contributed by atoms with Crippen molar-refractivity contribution < 1.29 is 9.53 Å². The second kappa shape index (κ2) is 6.58. The Morgan fingerprint density at radius 3 is 2.82 bits per heavy atom. The first-order valence-corrected chi connectivity index (χ1v) is 7.99. The molecule has 1 aromatic heterocycles. The molecule has 0 atom stereocenters. The summed E-state index contributed by atoms with van der Waals surface area (Å²) in [6.45, 7) is 2.71. The van der Waals surface area contributed by atoms with E-state index in [1.165, 1.54) is 11.3 Å². The summed E-state index contributed by atoms with van der Waals surface area (Å²) in [7, 11) is 0. The highest BCUT2D eigenvalue weighted by Crippen LogP contribution is 2.31. The molecule has 1 amide bonds. The van der Waals surface area contributed by atoms with Gasteiger partial charge in [-0.2, -0.15) is 0 Å². The predicted molar refractivity (Wildman–Crippen MR) is 88.8 cm³/mol. The highest BCUT2D eigenvalue weighted by atomic mass is 32.1. The summed E-state index contributed by atoms with van der Waals surface area (Å²) in [6, 6.07) is 15.0. The minimum atomic E-state index is -0.0531. The summed E-state index contributed by atoms with van der Waals surface area (Å²) in [5, 5.41) is 3.45. The van der Waals surface area contributed by atoms with Crippen LogP contribution >= 0.6 is 11.3 Å². The van der Waals surface area contributed by atoms with Crippen LogP contribution in [-0.4, -0.2) is 17.4 Å². The maximum Gasteiger partial charge on any atom is 0.279 e. The van der Waals surface area contributed by atoms with Crippen molar-refractivity contribution in [3.05, 3.63) is 54.1 Å². The first kappa shape index (κ1) is 14.5. The van der Waals surface area contributed by atoms with E-state index >= 15 is 0 Å². The van der Waals surface area contributed by atoms with E-state index in [9.17, 15) is 4.79 Å². The Morgan fingerprint density at radius 2 is 2.05 bits per heavy atom. The van der Waals surface area contributed by atoms with Crippen molar-refractivity contribution >= 4 is 27.5 Å². The van der Waals surface area contributed by atoms with Gasteiger partial charge in [0.05, 0.1) is 10.2 Å². The minimum absolute atomic E-state index is 0.0531. The Labute approximate surface area is 132 Å². The fourth-order valence-electron chi connectivity index (χ4n) is 2.02. The van der Waals surface area contributed by atoms with E-state index in [1.54, 1.807) is 6.07 Å². The van der Waals surface area contributed by atoms with Crippen LogP contribution in [0.2, 0.25) is 0 Å². The molecule has 2 aromatic carbocycles. The molecule has 0 aliphatic rings. The number of aromatic nitrogens is 1. The molecule has 0 aliphatic heterocycles. The Kier molecular flexibility index (Phi) is 4.34. The van der Waals surface area contributed by atoms with Gasteiger partial charge in [-0.15, -0.1) is 0 Å². The lowest BCUT2D eigenvalue weighted by Crippen LogP contribution is -2.23. The topological polar surface area (TPSA) is 51.2 Å². The van der Waals surface area contributed by atoms with E-state index in [4.69, 9.17) is 4.74 Å². The zero-order chi connectivity index (χ0) is 15.4. The summed E-state index contributed by atoms with van der Waals surface area (Å²) >= 11 is 1.43. The number of amides is 1. The van der Waals surface area contributed by atoms with Gasteiger partial charge in [-0.3, -0.25) is 4.79 Å². The van der Waals surface area contributed by atoms with Crippen molar-refractivity contribution in [2.75, 3.05) is 6.54 Å². The summed E-state index contributed by atoms with van der Waals surface area (Å²) in [5.41, 5.74) is 1.49. The SMILES string of the molecule is CCCNC(=O)c1ccc2nc(Oc3ccccc3)sc2c1. The van der Waals surface area contributed by atoms with Crippen molar-refractivity contribution in [1.82, 2.24) is 10.3 Å². The Morgan fingerprint density at radius 1 is 1.23 bits per heavy atom. The van der Waals surface area contributed by atoms with Crippen molar-refractivity contribution in [2.45, 2.75) is 13.3 Å². The lowest BCUT2D eigenvalue weighted by Gasteiger charge is -2.02. The smallest absolute Gasteiger partial charge is 0.279 e. The number of fused-ring (bicyclic) bond motifs is 1. The van der Waals surface area contributed by atoms with Crippen molar-refractivity contribution in [3.8, 4) is 10.9 Å². The molecule has 22 heavy (non-hydrogen) atoms. The predicted octanol–water partition coefficient (Wildman–Crippen LogP) is 4.23. The molecule has 112 valence electrons. The average molecular weight is 312 g/mol. The van der Waals surface area contributed by atoms with E-state index in [1.807, 2.05) is 49.4 Å². The molecule has 1 N–H and O–H groups in total. The molecular weight excluding hydrogens is 296 g/mol. The van der Waals surface area contributed by atoms with Crippen LogP contribution in [0.25, 0.3) is 10.2 Å². The number of hydrogen-bond acceptors (Lipinski definition) is 4. The lowest BCUT2D eigenvalue weighted by atomic mass is 10.2. The molecule has 0 bridgehead atoms. The van der Waals surface area contributed by atoms with Crippen molar-refractivity contribution in [3.63, 3.8) is 0 Å². The van der Waals surface area contributed by atoms with Gasteiger partial charge in [0, 0.05) is 12.1 Å². The van der Waals surface area contributed by atoms with Crippen LogP contribution in [0.4, 0.5) is 0 Å².